The number of thioether (sulfide) groups is 1. The predicted molar refractivity (Wildman–Crippen MR) is 131 cm³/mol. The van der Waals surface area contributed by atoms with Gasteiger partial charge < -0.3 is 9.45 Å². The van der Waals surface area contributed by atoms with Crippen molar-refractivity contribution in [2.45, 2.75) is 6.54 Å². The molecule has 0 amide bonds. The molecule has 3 aromatic carbocycles. The quantitative estimate of drug-likeness (QED) is 0.343. The molecular weight excluding hydrogens is 441 g/mol. The molecule has 0 fully saturated rings. The number of hydrogen-bond donors (Lipinski definition) is 0. The van der Waals surface area contributed by atoms with Crippen LogP contribution in [0.15, 0.2) is 77.0 Å². The first-order valence-corrected chi connectivity index (χ1v) is 12.5. The average molecular weight is 462 g/mol. The van der Waals surface area contributed by atoms with E-state index in [1.54, 1.807) is 6.26 Å². The topological polar surface area (TPSA) is 26.3 Å². The highest BCUT2D eigenvalue weighted by molar-refractivity contribution is 8.18. The number of rotatable bonds is 7. The van der Waals surface area contributed by atoms with Crippen LogP contribution in [0.2, 0.25) is 10.0 Å². The molecule has 1 unspecified atom stereocenters. The zero-order valence-corrected chi connectivity index (χ0v) is 19.3. The van der Waals surface area contributed by atoms with E-state index in [1.807, 2.05) is 73.0 Å². The van der Waals surface area contributed by atoms with Crippen molar-refractivity contribution in [1.29, 1.82) is 0 Å². The maximum atomic E-state index is 12.1. The SMILES string of the molecule is CSC(=Cc1ccccc1N(Cc1ccccc1)c1c(Cl)cccc1Cl)[S+](C)[O-]. The molecule has 0 heterocycles. The number of para-hydroxylation sites is 2. The first kappa shape index (κ1) is 22.1. The van der Waals surface area contributed by atoms with Crippen molar-refractivity contribution in [3.63, 3.8) is 0 Å². The summed E-state index contributed by atoms with van der Waals surface area (Å²) < 4.78 is 12.9. The van der Waals surface area contributed by atoms with Gasteiger partial charge in [0.1, 0.15) is 6.26 Å². The maximum Gasteiger partial charge on any atom is 0.186 e. The van der Waals surface area contributed by atoms with E-state index in [1.165, 1.54) is 11.8 Å². The monoisotopic (exact) mass is 461 g/mol. The largest absolute Gasteiger partial charge is 0.611 e. The second kappa shape index (κ2) is 10.5. The average Bonchev–Trinajstić information content (AvgIpc) is 2.72. The van der Waals surface area contributed by atoms with Gasteiger partial charge in [-0.1, -0.05) is 89.6 Å². The van der Waals surface area contributed by atoms with Crippen LogP contribution in [0, 0.1) is 0 Å². The number of nitrogens with zero attached hydrogens (tertiary/aromatic N) is 1. The number of hydrogen-bond acceptors (Lipinski definition) is 3. The summed E-state index contributed by atoms with van der Waals surface area (Å²) in [5.41, 5.74) is 3.79. The van der Waals surface area contributed by atoms with Crippen molar-refractivity contribution in [2.24, 2.45) is 0 Å². The van der Waals surface area contributed by atoms with E-state index >= 15 is 0 Å². The molecule has 29 heavy (non-hydrogen) atoms. The molecular formula is C23H21Cl2NOS2. The lowest BCUT2D eigenvalue weighted by atomic mass is 10.1. The van der Waals surface area contributed by atoms with Crippen LogP contribution < -0.4 is 4.90 Å². The standard InChI is InChI=1S/C23H21Cl2NOS2/c1-28-22(29(2)27)15-18-11-6-7-14-21(18)26(16-17-9-4-3-5-10-17)23-19(24)12-8-13-20(23)25/h3-15H,16H2,1-2H3. The van der Waals surface area contributed by atoms with Gasteiger partial charge >= 0.3 is 0 Å². The lowest BCUT2D eigenvalue weighted by Gasteiger charge is -2.28. The summed E-state index contributed by atoms with van der Waals surface area (Å²) >= 11 is 13.6. The van der Waals surface area contributed by atoms with E-state index < -0.39 is 11.2 Å². The Morgan fingerprint density at radius 1 is 0.966 bits per heavy atom. The second-order valence-corrected chi connectivity index (χ2v) is 9.59. The van der Waals surface area contributed by atoms with Gasteiger partial charge in [-0.05, 0) is 41.2 Å². The number of anilines is 2. The highest BCUT2D eigenvalue weighted by atomic mass is 35.5. The fourth-order valence-corrected chi connectivity index (χ4v) is 5.12. The van der Waals surface area contributed by atoms with E-state index in [2.05, 4.69) is 17.0 Å². The molecule has 3 aromatic rings. The summed E-state index contributed by atoms with van der Waals surface area (Å²) in [4.78, 5) is 2.11. The fraction of sp³-hybridized carbons (Fsp3) is 0.130. The van der Waals surface area contributed by atoms with E-state index in [-0.39, 0.29) is 0 Å². The maximum absolute atomic E-state index is 12.1. The molecule has 6 heteroatoms. The molecule has 1 atom stereocenters. The van der Waals surface area contributed by atoms with Gasteiger partial charge in [0, 0.05) is 23.9 Å². The van der Waals surface area contributed by atoms with Gasteiger partial charge in [0.2, 0.25) is 0 Å². The molecule has 0 bridgehead atoms. The zero-order chi connectivity index (χ0) is 20.8. The highest BCUT2D eigenvalue weighted by Gasteiger charge is 2.20. The summed E-state index contributed by atoms with van der Waals surface area (Å²) in [5, 5.41) is 1.16. The molecule has 0 saturated heterocycles. The van der Waals surface area contributed by atoms with Crippen LogP contribution >= 0.6 is 35.0 Å². The fourth-order valence-electron chi connectivity index (χ4n) is 3.04. The van der Waals surface area contributed by atoms with Gasteiger partial charge in [-0.15, -0.1) is 0 Å². The van der Waals surface area contributed by atoms with Crippen molar-refractivity contribution in [2.75, 3.05) is 17.4 Å². The summed E-state index contributed by atoms with van der Waals surface area (Å²) in [6.07, 6.45) is 5.60. The van der Waals surface area contributed by atoms with Crippen LogP contribution in [0.25, 0.3) is 6.08 Å². The molecule has 0 spiro atoms. The minimum atomic E-state index is -1.06. The third-order valence-electron chi connectivity index (χ3n) is 4.38. The minimum Gasteiger partial charge on any atom is -0.611 e. The molecule has 0 aromatic heterocycles. The van der Waals surface area contributed by atoms with E-state index in [0.717, 1.165) is 26.7 Å². The van der Waals surface area contributed by atoms with Crippen molar-refractivity contribution >= 4 is 63.6 Å². The third kappa shape index (κ3) is 5.53. The first-order valence-electron chi connectivity index (χ1n) is 8.95. The van der Waals surface area contributed by atoms with Gasteiger partial charge in [0.15, 0.2) is 4.24 Å². The Kier molecular flexibility index (Phi) is 7.99. The molecule has 0 aliphatic carbocycles. The van der Waals surface area contributed by atoms with Gasteiger partial charge in [0.05, 0.1) is 15.7 Å². The van der Waals surface area contributed by atoms with Crippen molar-refractivity contribution < 1.29 is 4.55 Å². The minimum absolute atomic E-state index is 0.580. The number of halogens is 2. The molecule has 0 N–H and O–H groups in total. The molecule has 150 valence electrons. The van der Waals surface area contributed by atoms with E-state index in [9.17, 15) is 4.55 Å². The van der Waals surface area contributed by atoms with Crippen LogP contribution in [0.4, 0.5) is 11.4 Å². The normalized spacial score (nSPS) is 12.7. The summed E-state index contributed by atoms with van der Waals surface area (Å²) in [6, 6.07) is 23.7. The zero-order valence-electron chi connectivity index (χ0n) is 16.1. The van der Waals surface area contributed by atoms with Gasteiger partial charge in [0.25, 0.3) is 0 Å². The lowest BCUT2D eigenvalue weighted by Crippen LogP contribution is -2.18. The van der Waals surface area contributed by atoms with Gasteiger partial charge in [-0.3, -0.25) is 0 Å². The second-order valence-electron chi connectivity index (χ2n) is 6.32. The van der Waals surface area contributed by atoms with Crippen molar-refractivity contribution in [1.82, 2.24) is 0 Å². The summed E-state index contributed by atoms with van der Waals surface area (Å²) in [6.45, 7) is 0.596. The molecule has 0 aliphatic rings. The molecule has 3 rings (SSSR count). The molecule has 2 nitrogen and oxygen atoms in total. The smallest absolute Gasteiger partial charge is 0.186 e. The predicted octanol–water partition coefficient (Wildman–Crippen LogP) is 7.37. The van der Waals surface area contributed by atoms with Crippen LogP contribution in [0.1, 0.15) is 11.1 Å². The molecule has 0 radical (unpaired) electrons. The Bertz CT molecular complexity index is 973. The van der Waals surface area contributed by atoms with Gasteiger partial charge in [-0.25, -0.2) is 0 Å². The number of benzene rings is 3. The Hall–Kier alpha value is -1.56. The highest BCUT2D eigenvalue weighted by Crippen LogP contribution is 2.41. The lowest BCUT2D eigenvalue weighted by molar-refractivity contribution is 0.608. The Labute approximate surface area is 189 Å². The summed E-state index contributed by atoms with van der Waals surface area (Å²) in [5.74, 6) is 0. The Morgan fingerprint density at radius 2 is 1.59 bits per heavy atom. The Balaban J connectivity index is 2.18. The van der Waals surface area contributed by atoms with E-state index in [4.69, 9.17) is 23.2 Å². The Morgan fingerprint density at radius 3 is 2.21 bits per heavy atom. The van der Waals surface area contributed by atoms with Crippen LogP contribution in [-0.2, 0) is 17.7 Å². The van der Waals surface area contributed by atoms with Crippen LogP contribution in [-0.4, -0.2) is 17.1 Å². The van der Waals surface area contributed by atoms with Crippen LogP contribution in [0.5, 0.6) is 0 Å². The summed E-state index contributed by atoms with van der Waals surface area (Å²) in [7, 11) is 0. The van der Waals surface area contributed by atoms with E-state index in [0.29, 0.717) is 16.6 Å². The van der Waals surface area contributed by atoms with Crippen molar-refractivity contribution in [3.8, 4) is 0 Å². The molecule has 0 aliphatic heterocycles. The molecule has 0 saturated carbocycles. The third-order valence-corrected chi connectivity index (χ3v) is 7.40. The first-order chi connectivity index (χ1) is 14.0. The van der Waals surface area contributed by atoms with Crippen molar-refractivity contribution in [3.05, 3.63) is 98.2 Å². The van der Waals surface area contributed by atoms with Crippen LogP contribution in [0.3, 0.4) is 0 Å². The van der Waals surface area contributed by atoms with Gasteiger partial charge in [-0.2, -0.15) is 0 Å².